The highest BCUT2D eigenvalue weighted by atomic mass is 79.9. The van der Waals surface area contributed by atoms with Crippen LogP contribution in [0.3, 0.4) is 0 Å². The number of anilines is 3. The zero-order valence-corrected chi connectivity index (χ0v) is 16.1. The summed E-state index contributed by atoms with van der Waals surface area (Å²) in [7, 11) is 1.80. The summed E-state index contributed by atoms with van der Waals surface area (Å²) in [5, 5.41) is 6.46. The summed E-state index contributed by atoms with van der Waals surface area (Å²) in [6.07, 6.45) is 2.99. The van der Waals surface area contributed by atoms with Crippen LogP contribution in [0, 0.1) is 5.92 Å². The number of halogens is 2. The fourth-order valence-electron chi connectivity index (χ4n) is 2.96. The minimum atomic E-state index is -0.0151. The van der Waals surface area contributed by atoms with E-state index >= 15 is 0 Å². The second-order valence-corrected chi connectivity index (χ2v) is 7.06. The second kappa shape index (κ2) is 8.01. The largest absolute Gasteiger partial charge is 0.383 e. The molecule has 1 aliphatic heterocycles. The molecule has 2 aromatic rings. The quantitative estimate of drug-likeness (QED) is 0.731. The van der Waals surface area contributed by atoms with Gasteiger partial charge in [0.05, 0.1) is 5.69 Å². The molecule has 0 radical (unpaired) electrons. The third-order valence-corrected chi connectivity index (χ3v) is 5.31. The van der Waals surface area contributed by atoms with Crippen molar-refractivity contribution in [2.24, 2.45) is 5.92 Å². The van der Waals surface area contributed by atoms with Gasteiger partial charge in [-0.05, 0) is 40.9 Å². The molecule has 0 atom stereocenters. The van der Waals surface area contributed by atoms with Crippen molar-refractivity contribution < 1.29 is 4.79 Å². The van der Waals surface area contributed by atoms with E-state index in [2.05, 4.69) is 41.4 Å². The first-order valence-electron chi connectivity index (χ1n) is 8.08. The third kappa shape index (κ3) is 4.04. The molecule has 0 spiro atoms. The van der Waals surface area contributed by atoms with Gasteiger partial charge in [-0.15, -0.1) is 0 Å². The molecule has 0 bridgehead atoms. The maximum atomic E-state index is 12.5. The van der Waals surface area contributed by atoms with Crippen LogP contribution in [0.15, 0.2) is 35.1 Å². The highest BCUT2D eigenvalue weighted by Crippen LogP contribution is 2.32. The predicted octanol–water partition coefficient (Wildman–Crippen LogP) is 3.79. The number of aromatic nitrogens is 2. The van der Waals surface area contributed by atoms with E-state index in [1.165, 1.54) is 6.33 Å². The van der Waals surface area contributed by atoms with Crippen LogP contribution in [-0.4, -0.2) is 36.0 Å². The second-order valence-electron chi connectivity index (χ2n) is 5.84. The average molecular weight is 425 g/mol. The highest BCUT2D eigenvalue weighted by molar-refractivity contribution is 9.10. The van der Waals surface area contributed by atoms with Crippen molar-refractivity contribution >= 4 is 50.6 Å². The molecule has 3 rings (SSSR count). The molecule has 0 unspecified atom stereocenters. The number of piperidine rings is 1. The summed E-state index contributed by atoms with van der Waals surface area (Å²) in [6, 6.07) is 7.63. The Labute approximate surface area is 160 Å². The van der Waals surface area contributed by atoms with Gasteiger partial charge in [-0.25, -0.2) is 9.97 Å². The molecule has 2 heterocycles. The summed E-state index contributed by atoms with van der Waals surface area (Å²) < 4.78 is 0.884. The number of amides is 1. The standard InChI is InChI=1S/C17H19BrClN5O/c1-20-14-15(19)21-10-22-16(14)24-8-6-11(7-9-24)17(25)23-13-5-3-2-4-12(13)18/h2-5,10-11,20H,6-9H2,1H3,(H,23,25). The summed E-state index contributed by atoms with van der Waals surface area (Å²) >= 11 is 9.58. The zero-order chi connectivity index (χ0) is 17.8. The van der Waals surface area contributed by atoms with E-state index in [1.54, 1.807) is 7.05 Å². The Morgan fingerprint density at radius 2 is 2.00 bits per heavy atom. The molecule has 132 valence electrons. The molecule has 1 aromatic heterocycles. The topological polar surface area (TPSA) is 70.2 Å². The zero-order valence-electron chi connectivity index (χ0n) is 13.8. The minimum Gasteiger partial charge on any atom is -0.383 e. The monoisotopic (exact) mass is 423 g/mol. The van der Waals surface area contributed by atoms with Gasteiger partial charge in [-0.1, -0.05) is 23.7 Å². The van der Waals surface area contributed by atoms with Crippen LogP contribution in [0.2, 0.25) is 5.15 Å². The Morgan fingerprint density at radius 1 is 1.28 bits per heavy atom. The van der Waals surface area contributed by atoms with E-state index in [9.17, 15) is 4.79 Å². The number of hydrogen-bond donors (Lipinski definition) is 2. The number of carbonyl (C=O) groups excluding carboxylic acids is 1. The lowest BCUT2D eigenvalue weighted by Crippen LogP contribution is -2.39. The van der Waals surface area contributed by atoms with Crippen LogP contribution in [0.1, 0.15) is 12.8 Å². The van der Waals surface area contributed by atoms with Crippen LogP contribution in [0.25, 0.3) is 0 Å². The van der Waals surface area contributed by atoms with Crippen molar-refractivity contribution in [3.8, 4) is 0 Å². The first kappa shape index (κ1) is 17.9. The Morgan fingerprint density at radius 3 is 2.68 bits per heavy atom. The van der Waals surface area contributed by atoms with Crippen molar-refractivity contribution in [2.75, 3.05) is 35.7 Å². The molecule has 1 saturated heterocycles. The van der Waals surface area contributed by atoms with Gasteiger partial charge in [0.15, 0.2) is 11.0 Å². The molecule has 2 N–H and O–H groups in total. The molecule has 1 aliphatic rings. The van der Waals surface area contributed by atoms with Crippen molar-refractivity contribution in [1.82, 2.24) is 9.97 Å². The number of nitrogens with one attached hydrogen (secondary N) is 2. The smallest absolute Gasteiger partial charge is 0.227 e. The Balaban J connectivity index is 1.63. The maximum Gasteiger partial charge on any atom is 0.227 e. The maximum absolute atomic E-state index is 12.5. The van der Waals surface area contributed by atoms with Crippen LogP contribution >= 0.6 is 27.5 Å². The number of nitrogens with zero attached hydrogens (tertiary/aromatic N) is 3. The van der Waals surface area contributed by atoms with Crippen LogP contribution in [0.4, 0.5) is 17.2 Å². The van der Waals surface area contributed by atoms with E-state index in [0.29, 0.717) is 5.15 Å². The van der Waals surface area contributed by atoms with Gasteiger partial charge in [0.1, 0.15) is 12.0 Å². The highest BCUT2D eigenvalue weighted by Gasteiger charge is 2.27. The van der Waals surface area contributed by atoms with Crippen molar-refractivity contribution in [3.63, 3.8) is 0 Å². The van der Waals surface area contributed by atoms with Gasteiger partial charge >= 0.3 is 0 Å². The first-order chi connectivity index (χ1) is 12.1. The molecule has 0 aliphatic carbocycles. The molecule has 1 fully saturated rings. The Bertz CT molecular complexity index is 764. The van der Waals surface area contributed by atoms with E-state index in [1.807, 2.05) is 24.3 Å². The Hall–Kier alpha value is -1.86. The number of para-hydroxylation sites is 1. The molecule has 8 heteroatoms. The van der Waals surface area contributed by atoms with Crippen LogP contribution < -0.4 is 15.5 Å². The SMILES string of the molecule is CNc1c(Cl)ncnc1N1CCC(C(=O)Nc2ccccc2Br)CC1. The van der Waals surface area contributed by atoms with Crippen molar-refractivity contribution in [2.45, 2.75) is 12.8 Å². The summed E-state index contributed by atoms with van der Waals surface area (Å²) in [5.74, 6) is 0.826. The lowest BCUT2D eigenvalue weighted by molar-refractivity contribution is -0.120. The van der Waals surface area contributed by atoms with E-state index in [-0.39, 0.29) is 11.8 Å². The summed E-state index contributed by atoms with van der Waals surface area (Å²) in [4.78, 5) is 23.0. The molecule has 0 saturated carbocycles. The molecule has 6 nitrogen and oxygen atoms in total. The van der Waals surface area contributed by atoms with Crippen LogP contribution in [-0.2, 0) is 4.79 Å². The molecule has 1 amide bonds. The number of carbonyl (C=O) groups is 1. The van der Waals surface area contributed by atoms with Crippen molar-refractivity contribution in [3.05, 3.63) is 40.2 Å². The summed E-state index contributed by atoms with van der Waals surface area (Å²) in [6.45, 7) is 1.49. The third-order valence-electron chi connectivity index (χ3n) is 4.33. The molecule has 1 aromatic carbocycles. The lowest BCUT2D eigenvalue weighted by atomic mass is 9.95. The van der Waals surface area contributed by atoms with Gasteiger partial charge in [0, 0.05) is 30.5 Å². The fourth-order valence-corrected chi connectivity index (χ4v) is 3.57. The summed E-state index contributed by atoms with van der Waals surface area (Å²) in [5.41, 5.74) is 1.52. The molecular formula is C17H19BrClN5O. The first-order valence-corrected chi connectivity index (χ1v) is 9.26. The average Bonchev–Trinajstić information content (AvgIpc) is 2.63. The van der Waals surface area contributed by atoms with Crippen molar-refractivity contribution in [1.29, 1.82) is 0 Å². The predicted molar refractivity (Wildman–Crippen MR) is 104 cm³/mol. The minimum absolute atomic E-state index is 0.0151. The number of hydrogen-bond acceptors (Lipinski definition) is 5. The van der Waals surface area contributed by atoms with Gasteiger partial charge in [-0.2, -0.15) is 0 Å². The van der Waals surface area contributed by atoms with Gasteiger partial charge in [-0.3, -0.25) is 4.79 Å². The lowest BCUT2D eigenvalue weighted by Gasteiger charge is -2.33. The normalized spacial score (nSPS) is 15.1. The van der Waals surface area contributed by atoms with Gasteiger partial charge < -0.3 is 15.5 Å². The van der Waals surface area contributed by atoms with E-state index in [4.69, 9.17) is 11.6 Å². The number of rotatable bonds is 4. The van der Waals surface area contributed by atoms with Crippen LogP contribution in [0.5, 0.6) is 0 Å². The molecular weight excluding hydrogens is 406 g/mol. The Kier molecular flexibility index (Phi) is 5.75. The van der Waals surface area contributed by atoms with Gasteiger partial charge in [0.25, 0.3) is 0 Å². The van der Waals surface area contributed by atoms with E-state index in [0.717, 1.165) is 47.6 Å². The van der Waals surface area contributed by atoms with E-state index < -0.39 is 0 Å². The van der Waals surface area contributed by atoms with Gasteiger partial charge in [0.2, 0.25) is 5.91 Å². The molecule has 25 heavy (non-hydrogen) atoms. The fraction of sp³-hybridized carbons (Fsp3) is 0.353. The number of benzene rings is 1.